The number of carbonyl (C=O) groups excluding carboxylic acids is 1. The molecule has 26 heavy (non-hydrogen) atoms. The van der Waals surface area contributed by atoms with E-state index in [2.05, 4.69) is 10.2 Å². The van der Waals surface area contributed by atoms with Crippen LogP contribution in [-0.4, -0.2) is 40.1 Å². The second-order valence-electron chi connectivity index (χ2n) is 6.67. The molecule has 0 saturated carbocycles. The lowest BCUT2D eigenvalue weighted by atomic mass is 10.0. The molecule has 1 aliphatic heterocycles. The molecule has 0 spiro atoms. The molecule has 1 saturated heterocycles. The van der Waals surface area contributed by atoms with Gasteiger partial charge in [0.2, 0.25) is 0 Å². The zero-order valence-corrected chi connectivity index (χ0v) is 14.2. The van der Waals surface area contributed by atoms with Crippen molar-refractivity contribution < 1.29 is 9.18 Å². The van der Waals surface area contributed by atoms with Crippen LogP contribution in [0.5, 0.6) is 0 Å². The second-order valence-corrected chi connectivity index (χ2v) is 6.67. The number of aromatic nitrogens is 2. The Morgan fingerprint density at radius 2 is 2.12 bits per heavy atom. The third-order valence-electron chi connectivity index (χ3n) is 4.79. The molecule has 0 bridgehead atoms. The molecule has 132 valence electrons. The van der Waals surface area contributed by atoms with Gasteiger partial charge in [-0.2, -0.15) is 10.2 Å². The van der Waals surface area contributed by atoms with Gasteiger partial charge in [-0.25, -0.2) is 4.39 Å². The molecule has 2 heterocycles. The lowest BCUT2D eigenvalue weighted by Crippen LogP contribution is -2.32. The van der Waals surface area contributed by atoms with Gasteiger partial charge < -0.3 is 10.6 Å². The standard InChI is InChI=1S/C20H19FN4O/c21-18-6-5-13(9-17(18)20(26)25-8-7-15(22)12-25)10-19-16-4-2-1-3-14(16)11-23-24-19/h1-6,9,11,15H,7-8,10,12,22H2/t15-/m0/s1. The van der Waals surface area contributed by atoms with E-state index in [-0.39, 0.29) is 17.5 Å². The number of fused-ring (bicyclic) bond motifs is 1. The minimum atomic E-state index is -0.511. The highest BCUT2D eigenvalue weighted by atomic mass is 19.1. The zero-order chi connectivity index (χ0) is 18.1. The van der Waals surface area contributed by atoms with Crippen LogP contribution < -0.4 is 5.73 Å². The number of likely N-dealkylation sites (tertiary alicyclic amines) is 1. The molecule has 1 fully saturated rings. The minimum Gasteiger partial charge on any atom is -0.337 e. The fraction of sp³-hybridized carbons (Fsp3) is 0.250. The highest BCUT2D eigenvalue weighted by Crippen LogP contribution is 2.21. The SMILES string of the molecule is N[C@H]1CCN(C(=O)c2cc(Cc3nncc4ccccc34)ccc2F)C1. The molecule has 1 aromatic heterocycles. The van der Waals surface area contributed by atoms with Crippen LogP contribution in [0.2, 0.25) is 0 Å². The maximum atomic E-state index is 14.3. The van der Waals surface area contributed by atoms with Crippen LogP contribution in [-0.2, 0) is 6.42 Å². The van der Waals surface area contributed by atoms with E-state index in [0.29, 0.717) is 19.5 Å². The maximum Gasteiger partial charge on any atom is 0.256 e. The van der Waals surface area contributed by atoms with Crippen LogP contribution in [0.15, 0.2) is 48.7 Å². The Morgan fingerprint density at radius 1 is 1.27 bits per heavy atom. The molecule has 2 aromatic carbocycles. The summed E-state index contributed by atoms with van der Waals surface area (Å²) >= 11 is 0. The predicted molar refractivity (Wildman–Crippen MR) is 97.2 cm³/mol. The van der Waals surface area contributed by atoms with Gasteiger partial charge in [0.25, 0.3) is 5.91 Å². The first-order valence-electron chi connectivity index (χ1n) is 8.64. The van der Waals surface area contributed by atoms with E-state index >= 15 is 0 Å². The third-order valence-corrected chi connectivity index (χ3v) is 4.79. The van der Waals surface area contributed by atoms with E-state index in [4.69, 9.17) is 5.73 Å². The van der Waals surface area contributed by atoms with E-state index in [1.807, 2.05) is 24.3 Å². The van der Waals surface area contributed by atoms with Crippen LogP contribution in [0, 0.1) is 5.82 Å². The van der Waals surface area contributed by atoms with Crippen molar-refractivity contribution >= 4 is 16.7 Å². The fourth-order valence-corrected chi connectivity index (χ4v) is 3.40. The number of rotatable bonds is 3. The van der Waals surface area contributed by atoms with Gasteiger partial charge in [-0.1, -0.05) is 30.3 Å². The number of benzene rings is 2. The van der Waals surface area contributed by atoms with Crippen LogP contribution >= 0.6 is 0 Å². The average Bonchev–Trinajstić information content (AvgIpc) is 3.09. The second kappa shape index (κ2) is 6.80. The van der Waals surface area contributed by atoms with Crippen LogP contribution in [0.25, 0.3) is 10.8 Å². The monoisotopic (exact) mass is 350 g/mol. The number of hydrogen-bond acceptors (Lipinski definition) is 4. The van der Waals surface area contributed by atoms with Crippen molar-refractivity contribution in [2.75, 3.05) is 13.1 Å². The molecule has 4 rings (SSSR count). The number of amides is 1. The van der Waals surface area contributed by atoms with Crippen molar-refractivity contribution in [2.24, 2.45) is 5.73 Å². The van der Waals surface area contributed by atoms with Crippen LogP contribution in [0.1, 0.15) is 28.0 Å². The molecular weight excluding hydrogens is 331 g/mol. The molecule has 6 heteroatoms. The maximum absolute atomic E-state index is 14.3. The Kier molecular flexibility index (Phi) is 4.34. The Bertz CT molecular complexity index is 970. The van der Waals surface area contributed by atoms with Gasteiger partial charge in [0, 0.05) is 36.3 Å². The summed E-state index contributed by atoms with van der Waals surface area (Å²) in [4.78, 5) is 14.2. The topological polar surface area (TPSA) is 72.1 Å². The molecule has 5 nitrogen and oxygen atoms in total. The number of nitrogens with zero attached hydrogens (tertiary/aromatic N) is 3. The fourth-order valence-electron chi connectivity index (χ4n) is 3.40. The Labute approximate surface area is 150 Å². The summed E-state index contributed by atoms with van der Waals surface area (Å²) in [6.07, 6.45) is 2.95. The molecule has 2 N–H and O–H groups in total. The quantitative estimate of drug-likeness (QED) is 0.788. The Morgan fingerprint density at radius 3 is 2.92 bits per heavy atom. The van der Waals surface area contributed by atoms with Gasteiger partial charge in [0.15, 0.2) is 0 Å². The van der Waals surface area contributed by atoms with Gasteiger partial charge in [-0.15, -0.1) is 0 Å². The van der Waals surface area contributed by atoms with Crippen molar-refractivity contribution in [2.45, 2.75) is 18.9 Å². The summed E-state index contributed by atoms with van der Waals surface area (Å²) in [5, 5.41) is 10.3. The molecule has 1 atom stereocenters. The summed E-state index contributed by atoms with van der Waals surface area (Å²) in [7, 11) is 0. The van der Waals surface area contributed by atoms with Crippen molar-refractivity contribution in [1.82, 2.24) is 15.1 Å². The van der Waals surface area contributed by atoms with E-state index < -0.39 is 5.82 Å². The first-order chi connectivity index (χ1) is 12.6. The molecule has 0 radical (unpaired) electrons. The molecule has 1 amide bonds. The predicted octanol–water partition coefficient (Wildman–Crippen LogP) is 2.53. The Hall–Kier alpha value is -2.86. The first kappa shape index (κ1) is 16.6. The minimum absolute atomic E-state index is 0.0313. The molecular formula is C20H19FN4O. The third kappa shape index (κ3) is 3.15. The van der Waals surface area contributed by atoms with Gasteiger partial charge >= 0.3 is 0 Å². The normalized spacial score (nSPS) is 17.0. The van der Waals surface area contributed by atoms with Gasteiger partial charge in [0.05, 0.1) is 17.5 Å². The lowest BCUT2D eigenvalue weighted by molar-refractivity contribution is 0.0786. The Balaban J connectivity index is 1.64. The highest BCUT2D eigenvalue weighted by molar-refractivity contribution is 5.95. The smallest absolute Gasteiger partial charge is 0.256 e. The van der Waals surface area contributed by atoms with Crippen LogP contribution in [0.4, 0.5) is 4.39 Å². The van der Waals surface area contributed by atoms with Gasteiger partial charge in [-0.05, 0) is 24.1 Å². The highest BCUT2D eigenvalue weighted by Gasteiger charge is 2.26. The summed E-state index contributed by atoms with van der Waals surface area (Å²) in [5.41, 5.74) is 7.57. The largest absolute Gasteiger partial charge is 0.337 e. The van der Waals surface area contributed by atoms with Crippen molar-refractivity contribution in [3.63, 3.8) is 0 Å². The number of nitrogens with two attached hydrogens (primary N) is 1. The molecule has 3 aromatic rings. The van der Waals surface area contributed by atoms with E-state index in [1.165, 1.54) is 6.07 Å². The van der Waals surface area contributed by atoms with Gasteiger partial charge in [-0.3, -0.25) is 4.79 Å². The molecule has 1 aliphatic rings. The zero-order valence-electron chi connectivity index (χ0n) is 14.2. The van der Waals surface area contributed by atoms with E-state index in [9.17, 15) is 9.18 Å². The number of carbonyl (C=O) groups is 1. The number of hydrogen-bond donors (Lipinski definition) is 1. The first-order valence-corrected chi connectivity index (χ1v) is 8.64. The van der Waals surface area contributed by atoms with E-state index in [1.54, 1.807) is 23.2 Å². The lowest BCUT2D eigenvalue weighted by Gasteiger charge is -2.17. The van der Waals surface area contributed by atoms with Gasteiger partial charge in [0.1, 0.15) is 5.82 Å². The number of halogens is 1. The summed E-state index contributed by atoms with van der Waals surface area (Å²) in [5.74, 6) is -0.815. The van der Waals surface area contributed by atoms with Crippen molar-refractivity contribution in [3.05, 3.63) is 71.3 Å². The molecule has 0 unspecified atom stereocenters. The summed E-state index contributed by atoms with van der Waals surface area (Å²) in [6.45, 7) is 1.04. The van der Waals surface area contributed by atoms with Crippen molar-refractivity contribution in [1.29, 1.82) is 0 Å². The van der Waals surface area contributed by atoms with Crippen molar-refractivity contribution in [3.8, 4) is 0 Å². The van der Waals surface area contributed by atoms with E-state index in [0.717, 1.165) is 28.5 Å². The van der Waals surface area contributed by atoms with Crippen LogP contribution in [0.3, 0.4) is 0 Å². The molecule has 0 aliphatic carbocycles. The average molecular weight is 350 g/mol. The summed E-state index contributed by atoms with van der Waals surface area (Å²) < 4.78 is 14.3. The summed E-state index contributed by atoms with van der Waals surface area (Å²) in [6, 6.07) is 12.5.